The van der Waals surface area contributed by atoms with Crippen molar-refractivity contribution in [2.75, 3.05) is 7.11 Å². The molecule has 2 aliphatic rings. The summed E-state index contributed by atoms with van der Waals surface area (Å²) in [4.78, 5) is 9.80. The number of aromatic nitrogens is 3. The van der Waals surface area contributed by atoms with Crippen LogP contribution in [0.25, 0.3) is 6.08 Å². The van der Waals surface area contributed by atoms with E-state index in [4.69, 9.17) is 9.82 Å². The van der Waals surface area contributed by atoms with Crippen LogP contribution >= 0.6 is 0 Å². The number of fused-ring (bicyclic) bond motifs is 1. The second-order valence-corrected chi connectivity index (χ2v) is 7.46. The molecule has 0 spiro atoms. The van der Waals surface area contributed by atoms with Crippen molar-refractivity contribution in [1.82, 2.24) is 15.2 Å². The smallest absolute Gasteiger partial charge is 0.117 e. The van der Waals surface area contributed by atoms with Gasteiger partial charge < -0.3 is 4.84 Å². The number of benzene rings is 1. The Kier molecular flexibility index (Phi) is 4.08. The Labute approximate surface area is 164 Å². The Bertz CT molecular complexity index is 993. The van der Waals surface area contributed by atoms with Gasteiger partial charge in [-0.1, -0.05) is 53.7 Å². The van der Waals surface area contributed by atoms with Crippen LogP contribution < -0.4 is 0 Å². The molecule has 140 valence electrons. The second kappa shape index (κ2) is 6.75. The Balaban J connectivity index is 1.62. The summed E-state index contributed by atoms with van der Waals surface area (Å²) < 4.78 is 0. The molecule has 1 N–H and O–H groups in total. The zero-order valence-electron chi connectivity index (χ0n) is 15.8. The van der Waals surface area contributed by atoms with Crippen molar-refractivity contribution in [2.24, 2.45) is 11.1 Å². The van der Waals surface area contributed by atoms with Crippen LogP contribution in [-0.4, -0.2) is 28.0 Å². The molecule has 0 amide bonds. The monoisotopic (exact) mass is 370 g/mol. The van der Waals surface area contributed by atoms with E-state index in [1.165, 1.54) is 5.56 Å². The van der Waals surface area contributed by atoms with Gasteiger partial charge in [-0.15, -0.1) is 0 Å². The maximum absolute atomic E-state index is 5.10. The summed E-state index contributed by atoms with van der Waals surface area (Å²) in [6.07, 6.45) is 9.37. The highest BCUT2D eigenvalue weighted by atomic mass is 16.6. The first-order valence-electron chi connectivity index (χ1n) is 9.67. The van der Waals surface area contributed by atoms with Gasteiger partial charge in [0, 0.05) is 29.8 Å². The Morgan fingerprint density at radius 3 is 2.68 bits per heavy atom. The van der Waals surface area contributed by atoms with Gasteiger partial charge in [-0.3, -0.25) is 10.1 Å². The molecule has 2 aromatic heterocycles. The SMILES string of the molecule is CON=C(c1n[nH]c2c1C=CC(c1ccccc1)(c1ccccn1)C2)C1CC1. The summed E-state index contributed by atoms with van der Waals surface area (Å²) in [5, 5.41) is 12.2. The molecule has 1 saturated carbocycles. The summed E-state index contributed by atoms with van der Waals surface area (Å²) >= 11 is 0. The molecule has 5 rings (SSSR count). The van der Waals surface area contributed by atoms with Gasteiger partial charge >= 0.3 is 0 Å². The molecule has 1 aromatic carbocycles. The van der Waals surface area contributed by atoms with Crippen molar-refractivity contribution >= 4 is 11.8 Å². The van der Waals surface area contributed by atoms with Crippen molar-refractivity contribution in [3.8, 4) is 0 Å². The van der Waals surface area contributed by atoms with E-state index in [1.54, 1.807) is 7.11 Å². The molecule has 1 fully saturated rings. The highest BCUT2D eigenvalue weighted by molar-refractivity contribution is 6.04. The number of nitrogens with one attached hydrogen (secondary N) is 1. The van der Waals surface area contributed by atoms with Crippen molar-refractivity contribution in [3.05, 3.63) is 89.0 Å². The van der Waals surface area contributed by atoms with Gasteiger partial charge in [-0.25, -0.2) is 0 Å². The first-order valence-corrected chi connectivity index (χ1v) is 9.67. The van der Waals surface area contributed by atoms with Crippen LogP contribution in [0.5, 0.6) is 0 Å². The topological polar surface area (TPSA) is 63.2 Å². The van der Waals surface area contributed by atoms with E-state index in [1.807, 2.05) is 24.4 Å². The molecule has 0 aliphatic heterocycles. The largest absolute Gasteiger partial charge is 0.399 e. The van der Waals surface area contributed by atoms with Gasteiger partial charge in [-0.05, 0) is 30.5 Å². The van der Waals surface area contributed by atoms with Crippen molar-refractivity contribution in [1.29, 1.82) is 0 Å². The van der Waals surface area contributed by atoms with Gasteiger partial charge in [-0.2, -0.15) is 5.10 Å². The van der Waals surface area contributed by atoms with E-state index in [0.717, 1.165) is 47.6 Å². The maximum Gasteiger partial charge on any atom is 0.117 e. The zero-order chi connectivity index (χ0) is 19.0. The van der Waals surface area contributed by atoms with Crippen LogP contribution in [0.3, 0.4) is 0 Å². The fourth-order valence-electron chi connectivity index (χ4n) is 4.11. The summed E-state index contributed by atoms with van der Waals surface area (Å²) in [7, 11) is 1.60. The average Bonchev–Trinajstić information content (AvgIpc) is 3.52. The van der Waals surface area contributed by atoms with Crippen LogP contribution in [-0.2, 0) is 16.7 Å². The first-order chi connectivity index (χ1) is 13.8. The van der Waals surface area contributed by atoms with Crippen molar-refractivity contribution < 1.29 is 4.84 Å². The number of pyridine rings is 1. The van der Waals surface area contributed by atoms with Gasteiger partial charge in [0.05, 0.1) is 11.1 Å². The first kappa shape index (κ1) is 16.9. The van der Waals surface area contributed by atoms with Crippen LogP contribution in [0.15, 0.2) is 66.0 Å². The van der Waals surface area contributed by atoms with Gasteiger partial charge in [0.25, 0.3) is 0 Å². The van der Waals surface area contributed by atoms with E-state index >= 15 is 0 Å². The Hall–Kier alpha value is -3.21. The number of aromatic amines is 1. The summed E-state index contributed by atoms with van der Waals surface area (Å²) in [5.74, 6) is 0.456. The van der Waals surface area contributed by atoms with Crippen LogP contribution in [0.4, 0.5) is 0 Å². The third-order valence-corrected chi connectivity index (χ3v) is 5.68. The molecule has 0 saturated heterocycles. The number of hydrogen-bond acceptors (Lipinski definition) is 4. The highest BCUT2D eigenvalue weighted by Gasteiger charge is 2.39. The number of H-pyrrole nitrogens is 1. The van der Waals surface area contributed by atoms with Crippen molar-refractivity contribution in [3.63, 3.8) is 0 Å². The molecule has 2 aliphatic carbocycles. The predicted molar refractivity (Wildman–Crippen MR) is 109 cm³/mol. The zero-order valence-corrected chi connectivity index (χ0v) is 15.8. The Morgan fingerprint density at radius 2 is 1.96 bits per heavy atom. The van der Waals surface area contributed by atoms with Gasteiger partial charge in [0.15, 0.2) is 0 Å². The molecule has 2 heterocycles. The van der Waals surface area contributed by atoms with Crippen LogP contribution in [0.2, 0.25) is 0 Å². The lowest BCUT2D eigenvalue weighted by Crippen LogP contribution is -2.31. The number of allylic oxidation sites excluding steroid dienone is 1. The molecule has 0 bridgehead atoms. The third kappa shape index (κ3) is 2.74. The minimum atomic E-state index is -0.322. The highest BCUT2D eigenvalue weighted by Crippen LogP contribution is 2.42. The quantitative estimate of drug-likeness (QED) is 0.543. The van der Waals surface area contributed by atoms with E-state index in [0.29, 0.717) is 5.92 Å². The minimum absolute atomic E-state index is 0.322. The summed E-state index contributed by atoms with van der Waals surface area (Å²) in [5.41, 5.74) is 6.03. The number of oxime groups is 1. The normalized spacial score (nSPS) is 21.4. The van der Waals surface area contributed by atoms with Crippen LogP contribution in [0, 0.1) is 5.92 Å². The lowest BCUT2D eigenvalue weighted by atomic mass is 9.70. The standard InChI is InChI=1S/C23H22N4O/c1-28-27-21(16-10-11-16)22-18-12-13-23(15-19(18)25-26-22,17-7-3-2-4-8-17)20-9-5-6-14-24-20/h2-9,12-14,16H,10-11,15H2,1H3,(H,25,26). The predicted octanol–water partition coefficient (Wildman–Crippen LogP) is 4.12. The molecule has 3 aromatic rings. The lowest BCUT2D eigenvalue weighted by Gasteiger charge is -2.33. The third-order valence-electron chi connectivity index (χ3n) is 5.68. The van der Waals surface area contributed by atoms with E-state index in [9.17, 15) is 0 Å². The second-order valence-electron chi connectivity index (χ2n) is 7.46. The van der Waals surface area contributed by atoms with Crippen molar-refractivity contribution in [2.45, 2.75) is 24.7 Å². The Morgan fingerprint density at radius 1 is 1.14 bits per heavy atom. The summed E-state index contributed by atoms with van der Waals surface area (Å²) in [6, 6.07) is 16.7. The fraction of sp³-hybridized carbons (Fsp3) is 0.261. The number of rotatable bonds is 5. The molecular weight excluding hydrogens is 348 g/mol. The molecule has 1 atom stereocenters. The molecule has 0 radical (unpaired) electrons. The maximum atomic E-state index is 5.10. The minimum Gasteiger partial charge on any atom is -0.399 e. The molecular formula is C23H22N4O. The average molecular weight is 370 g/mol. The van der Waals surface area contributed by atoms with Gasteiger partial charge in [0.2, 0.25) is 0 Å². The van der Waals surface area contributed by atoms with E-state index in [2.05, 4.69) is 57.8 Å². The molecule has 1 unspecified atom stereocenters. The van der Waals surface area contributed by atoms with E-state index < -0.39 is 0 Å². The van der Waals surface area contributed by atoms with E-state index in [-0.39, 0.29) is 5.41 Å². The lowest BCUT2D eigenvalue weighted by molar-refractivity contribution is 0.212. The fourth-order valence-corrected chi connectivity index (χ4v) is 4.11. The molecule has 5 heteroatoms. The number of hydrogen-bond donors (Lipinski definition) is 1. The molecule has 5 nitrogen and oxygen atoms in total. The van der Waals surface area contributed by atoms with Gasteiger partial charge in [0.1, 0.15) is 18.5 Å². The number of nitrogens with zero attached hydrogens (tertiary/aromatic N) is 3. The summed E-state index contributed by atoms with van der Waals surface area (Å²) in [6.45, 7) is 0. The van der Waals surface area contributed by atoms with Crippen LogP contribution in [0.1, 0.15) is 41.1 Å². The molecule has 28 heavy (non-hydrogen) atoms.